The van der Waals surface area contributed by atoms with Crippen molar-refractivity contribution in [3.8, 4) is 0 Å². The minimum absolute atomic E-state index is 0.263. The average molecular weight is 243 g/mol. The Morgan fingerprint density at radius 2 is 2.12 bits per heavy atom. The molecule has 0 aromatic heterocycles. The number of hydrogen-bond acceptors (Lipinski definition) is 1. The Kier molecular flexibility index (Phi) is 2.00. The molecule has 1 saturated carbocycles. The van der Waals surface area contributed by atoms with Gasteiger partial charge in [0.2, 0.25) is 0 Å². The van der Waals surface area contributed by atoms with E-state index in [2.05, 4.69) is 31.9 Å². The van der Waals surface area contributed by atoms with Crippen LogP contribution in [-0.2, 0) is 0 Å². The van der Waals surface area contributed by atoms with Crippen LogP contribution in [0.25, 0.3) is 0 Å². The molecule has 48 valence electrons. The van der Waals surface area contributed by atoms with Gasteiger partial charge < -0.3 is 5.73 Å². The summed E-state index contributed by atoms with van der Waals surface area (Å²) in [6.45, 7) is 0.809. The number of nitrogens with two attached hydrogens (primary N) is 1. The van der Waals surface area contributed by atoms with Gasteiger partial charge in [0.25, 0.3) is 0 Å². The van der Waals surface area contributed by atoms with E-state index in [0.29, 0.717) is 0 Å². The topological polar surface area (TPSA) is 26.0 Å². The van der Waals surface area contributed by atoms with Crippen molar-refractivity contribution >= 4 is 31.9 Å². The lowest BCUT2D eigenvalue weighted by atomic mass is 10.3. The highest BCUT2D eigenvalue weighted by molar-refractivity contribution is 9.25. The van der Waals surface area contributed by atoms with Gasteiger partial charge in [0.15, 0.2) is 0 Å². The Bertz CT molecular complexity index is 92.4. The zero-order valence-corrected chi connectivity index (χ0v) is 7.70. The summed E-state index contributed by atoms with van der Waals surface area (Å²) in [5, 5.41) is 0. The zero-order chi connectivity index (χ0) is 6.20. The SMILES string of the molecule is NCCC1CC1(Br)Br. The van der Waals surface area contributed by atoms with Crippen LogP contribution in [0, 0.1) is 5.92 Å². The van der Waals surface area contributed by atoms with Gasteiger partial charge in [-0.15, -0.1) is 0 Å². The second-order valence-electron chi connectivity index (χ2n) is 2.24. The monoisotopic (exact) mass is 241 g/mol. The van der Waals surface area contributed by atoms with E-state index in [0.717, 1.165) is 18.9 Å². The molecule has 0 aromatic carbocycles. The smallest absolute Gasteiger partial charge is 0.0838 e. The zero-order valence-electron chi connectivity index (χ0n) is 4.53. The highest BCUT2D eigenvalue weighted by Gasteiger charge is 2.49. The third-order valence-corrected chi connectivity index (χ3v) is 3.41. The van der Waals surface area contributed by atoms with Crippen LogP contribution in [-0.4, -0.2) is 9.78 Å². The van der Waals surface area contributed by atoms with Gasteiger partial charge in [0.1, 0.15) is 0 Å². The molecule has 8 heavy (non-hydrogen) atoms. The molecule has 1 aliphatic rings. The minimum Gasteiger partial charge on any atom is -0.330 e. The van der Waals surface area contributed by atoms with Gasteiger partial charge >= 0.3 is 0 Å². The molecular weight excluding hydrogens is 234 g/mol. The van der Waals surface area contributed by atoms with E-state index in [9.17, 15) is 0 Å². The van der Waals surface area contributed by atoms with E-state index in [4.69, 9.17) is 5.73 Å². The second-order valence-corrected chi connectivity index (χ2v) is 6.13. The fourth-order valence-corrected chi connectivity index (χ4v) is 2.02. The predicted molar refractivity (Wildman–Crippen MR) is 42.4 cm³/mol. The Balaban J connectivity index is 2.17. The molecule has 1 atom stereocenters. The Morgan fingerprint density at radius 3 is 2.25 bits per heavy atom. The molecule has 0 radical (unpaired) electrons. The van der Waals surface area contributed by atoms with Crippen molar-refractivity contribution in [1.82, 2.24) is 0 Å². The summed E-state index contributed by atoms with van der Waals surface area (Å²) in [6.07, 6.45) is 2.36. The summed E-state index contributed by atoms with van der Waals surface area (Å²) in [7, 11) is 0. The first kappa shape index (κ1) is 7.03. The first-order chi connectivity index (χ1) is 3.67. The van der Waals surface area contributed by atoms with Gasteiger partial charge in [0, 0.05) is 0 Å². The average Bonchev–Trinajstić information content (AvgIpc) is 2.15. The molecule has 0 aromatic rings. The molecule has 2 N–H and O–H groups in total. The van der Waals surface area contributed by atoms with Crippen molar-refractivity contribution in [2.75, 3.05) is 6.54 Å². The number of hydrogen-bond donors (Lipinski definition) is 1. The molecular formula is C5H9Br2N. The van der Waals surface area contributed by atoms with Crippen LogP contribution in [0.15, 0.2) is 0 Å². The first-order valence-electron chi connectivity index (χ1n) is 2.74. The maximum atomic E-state index is 5.35. The van der Waals surface area contributed by atoms with Crippen LogP contribution in [0.1, 0.15) is 12.8 Å². The molecule has 1 aliphatic carbocycles. The lowest BCUT2D eigenvalue weighted by Crippen LogP contribution is -2.01. The van der Waals surface area contributed by atoms with Gasteiger partial charge in [0.05, 0.1) is 3.23 Å². The maximum Gasteiger partial charge on any atom is 0.0838 e. The summed E-state index contributed by atoms with van der Waals surface area (Å²) in [4.78, 5) is 0. The van der Waals surface area contributed by atoms with Gasteiger partial charge in [-0.2, -0.15) is 0 Å². The molecule has 1 nitrogen and oxygen atoms in total. The van der Waals surface area contributed by atoms with Crippen LogP contribution in [0.4, 0.5) is 0 Å². The van der Waals surface area contributed by atoms with Crippen LogP contribution in [0.3, 0.4) is 0 Å². The Hall–Kier alpha value is 0.920. The summed E-state index contributed by atoms with van der Waals surface area (Å²) in [5.74, 6) is 0.771. The largest absolute Gasteiger partial charge is 0.330 e. The molecule has 1 unspecified atom stereocenters. The third-order valence-electron chi connectivity index (χ3n) is 1.47. The van der Waals surface area contributed by atoms with Gasteiger partial charge in [-0.25, -0.2) is 0 Å². The molecule has 3 heteroatoms. The highest BCUT2D eigenvalue weighted by Crippen LogP contribution is 2.57. The summed E-state index contributed by atoms with van der Waals surface area (Å²) < 4.78 is 0.263. The Morgan fingerprint density at radius 1 is 1.62 bits per heavy atom. The second kappa shape index (κ2) is 2.27. The van der Waals surface area contributed by atoms with E-state index < -0.39 is 0 Å². The van der Waals surface area contributed by atoms with E-state index >= 15 is 0 Å². The van der Waals surface area contributed by atoms with E-state index in [1.54, 1.807) is 0 Å². The van der Waals surface area contributed by atoms with Crippen LogP contribution in [0.5, 0.6) is 0 Å². The lowest BCUT2D eigenvalue weighted by Gasteiger charge is -1.94. The fourth-order valence-electron chi connectivity index (χ4n) is 0.784. The number of halogens is 2. The van der Waals surface area contributed by atoms with E-state index in [1.165, 1.54) is 6.42 Å². The van der Waals surface area contributed by atoms with E-state index in [-0.39, 0.29) is 3.23 Å². The van der Waals surface area contributed by atoms with Crippen molar-refractivity contribution < 1.29 is 0 Å². The van der Waals surface area contributed by atoms with Gasteiger partial charge in [-0.3, -0.25) is 0 Å². The third kappa shape index (κ3) is 1.45. The highest BCUT2D eigenvalue weighted by atomic mass is 79.9. The van der Waals surface area contributed by atoms with Crippen molar-refractivity contribution in [2.24, 2.45) is 11.7 Å². The molecule has 1 rings (SSSR count). The summed E-state index contributed by atoms with van der Waals surface area (Å²) in [6, 6.07) is 0. The molecule has 0 saturated heterocycles. The maximum absolute atomic E-state index is 5.35. The molecule has 0 amide bonds. The van der Waals surface area contributed by atoms with Crippen molar-refractivity contribution in [2.45, 2.75) is 16.1 Å². The van der Waals surface area contributed by atoms with Crippen LogP contribution >= 0.6 is 31.9 Å². The van der Waals surface area contributed by atoms with Crippen molar-refractivity contribution in [3.63, 3.8) is 0 Å². The van der Waals surface area contributed by atoms with Crippen LogP contribution in [0.2, 0.25) is 0 Å². The van der Waals surface area contributed by atoms with Gasteiger partial charge in [-0.05, 0) is 25.3 Å². The number of rotatable bonds is 2. The Labute approximate surface area is 66.3 Å². The fraction of sp³-hybridized carbons (Fsp3) is 1.00. The van der Waals surface area contributed by atoms with Crippen LogP contribution < -0.4 is 5.73 Å². The lowest BCUT2D eigenvalue weighted by molar-refractivity contribution is 0.738. The molecule has 0 aliphatic heterocycles. The van der Waals surface area contributed by atoms with Crippen molar-refractivity contribution in [1.29, 1.82) is 0 Å². The van der Waals surface area contributed by atoms with Gasteiger partial charge in [-0.1, -0.05) is 31.9 Å². The first-order valence-corrected chi connectivity index (χ1v) is 4.33. The molecule has 0 spiro atoms. The van der Waals surface area contributed by atoms with Crippen molar-refractivity contribution in [3.05, 3.63) is 0 Å². The summed E-state index contributed by atoms with van der Waals surface area (Å²) in [5.41, 5.74) is 5.35. The molecule has 0 bridgehead atoms. The molecule has 1 fully saturated rings. The normalized spacial score (nSPS) is 32.6. The predicted octanol–water partition coefficient (Wildman–Crippen LogP) is 1.84. The quantitative estimate of drug-likeness (QED) is 0.735. The van der Waals surface area contributed by atoms with E-state index in [1.807, 2.05) is 0 Å². The minimum atomic E-state index is 0.263. The number of alkyl halides is 2. The summed E-state index contributed by atoms with van der Waals surface area (Å²) >= 11 is 7.03. The molecule has 0 heterocycles. The standard InChI is InChI=1S/C5H9Br2N/c6-5(7)3-4(5)1-2-8/h4H,1-3,8H2.